The fourth-order valence-electron chi connectivity index (χ4n) is 2.25. The molecule has 0 unspecified atom stereocenters. The Bertz CT molecular complexity index is 932. The third kappa shape index (κ3) is 4.01. The smallest absolute Gasteiger partial charge is 0.307 e. The van der Waals surface area contributed by atoms with Crippen molar-refractivity contribution in [3.05, 3.63) is 62.7 Å². The Hall–Kier alpha value is -1.76. The number of aromatic nitrogens is 1. The van der Waals surface area contributed by atoms with Crippen molar-refractivity contribution < 1.29 is 4.79 Å². The maximum Gasteiger partial charge on any atom is 0.307 e. The lowest BCUT2D eigenvalue weighted by atomic mass is 10.2. The van der Waals surface area contributed by atoms with E-state index < -0.39 is 0 Å². The van der Waals surface area contributed by atoms with Crippen molar-refractivity contribution in [1.82, 2.24) is 4.57 Å². The van der Waals surface area contributed by atoms with E-state index in [1.807, 2.05) is 42.5 Å². The second kappa shape index (κ2) is 7.42. The van der Waals surface area contributed by atoms with E-state index in [1.54, 1.807) is 23.4 Å². The van der Waals surface area contributed by atoms with Crippen molar-refractivity contribution in [2.45, 2.75) is 5.75 Å². The summed E-state index contributed by atoms with van der Waals surface area (Å²) in [4.78, 5) is 23.7. The number of amides is 1. The first-order valence-electron chi connectivity index (χ1n) is 7.24. The molecule has 0 aliphatic heterocycles. The van der Waals surface area contributed by atoms with Crippen LogP contribution in [0.1, 0.15) is 5.56 Å². The standard InChI is InChI=1S/C17H15ClN2O2S2/c1-20-14-7-6-13(8-15(14)24-17(20)22)19-16(21)10-23-9-11-2-4-12(18)5-3-11/h2-8H,9-10H2,1H3,(H,19,21). The predicted octanol–water partition coefficient (Wildman–Crippen LogP) is 4.13. The molecule has 0 radical (unpaired) electrons. The third-order valence-electron chi connectivity index (χ3n) is 3.49. The first kappa shape index (κ1) is 17.1. The van der Waals surface area contributed by atoms with E-state index in [-0.39, 0.29) is 10.8 Å². The van der Waals surface area contributed by atoms with Crippen molar-refractivity contribution in [3.63, 3.8) is 0 Å². The second-order valence-corrected chi connectivity index (χ2v) is 7.69. The highest BCUT2D eigenvalue weighted by molar-refractivity contribution is 7.99. The minimum atomic E-state index is -0.0587. The lowest BCUT2D eigenvalue weighted by molar-refractivity contribution is -0.113. The number of hydrogen-bond donors (Lipinski definition) is 1. The molecule has 7 heteroatoms. The fraction of sp³-hybridized carbons (Fsp3) is 0.176. The Kier molecular flexibility index (Phi) is 5.28. The summed E-state index contributed by atoms with van der Waals surface area (Å²) < 4.78 is 2.47. The summed E-state index contributed by atoms with van der Waals surface area (Å²) in [6, 6.07) is 13.1. The Labute approximate surface area is 152 Å². The Morgan fingerprint density at radius 1 is 1.25 bits per heavy atom. The number of fused-ring (bicyclic) bond motifs is 1. The molecule has 3 aromatic rings. The normalized spacial score (nSPS) is 10.9. The van der Waals surface area contributed by atoms with Gasteiger partial charge >= 0.3 is 4.87 Å². The van der Waals surface area contributed by atoms with Gasteiger partial charge in [0, 0.05) is 23.5 Å². The van der Waals surface area contributed by atoms with Gasteiger partial charge in [-0.25, -0.2) is 0 Å². The molecule has 0 atom stereocenters. The largest absolute Gasteiger partial charge is 0.325 e. The van der Waals surface area contributed by atoms with Crippen LogP contribution in [0, 0.1) is 0 Å². The zero-order chi connectivity index (χ0) is 17.1. The Balaban J connectivity index is 1.56. The van der Waals surface area contributed by atoms with Crippen LogP contribution in [0.5, 0.6) is 0 Å². The van der Waals surface area contributed by atoms with Gasteiger partial charge in [0.25, 0.3) is 0 Å². The number of nitrogens with zero attached hydrogens (tertiary/aromatic N) is 1. The summed E-state index contributed by atoms with van der Waals surface area (Å²) in [5, 5.41) is 3.58. The molecule has 0 aliphatic rings. The van der Waals surface area contributed by atoms with Crippen molar-refractivity contribution >= 4 is 56.5 Å². The number of aryl methyl sites for hydroxylation is 1. The van der Waals surface area contributed by atoms with Crippen molar-refractivity contribution in [1.29, 1.82) is 0 Å². The molecule has 0 saturated carbocycles. The van der Waals surface area contributed by atoms with Gasteiger partial charge in [-0.2, -0.15) is 0 Å². The lowest BCUT2D eigenvalue weighted by Crippen LogP contribution is -2.14. The fourth-order valence-corrected chi connectivity index (χ4v) is 4.08. The molecule has 1 aromatic heterocycles. The molecule has 1 N–H and O–H groups in total. The van der Waals surface area contributed by atoms with Gasteiger partial charge in [-0.05, 0) is 35.9 Å². The molecule has 0 spiro atoms. The molecule has 1 heterocycles. The van der Waals surface area contributed by atoms with Gasteiger partial charge in [-0.15, -0.1) is 11.8 Å². The van der Waals surface area contributed by atoms with Crippen LogP contribution in [-0.4, -0.2) is 16.2 Å². The number of carbonyl (C=O) groups excluding carboxylic acids is 1. The molecule has 2 aromatic carbocycles. The summed E-state index contributed by atoms with van der Waals surface area (Å²) in [5.41, 5.74) is 2.72. The number of anilines is 1. The van der Waals surface area contributed by atoms with Crippen LogP contribution >= 0.6 is 34.7 Å². The van der Waals surface area contributed by atoms with Gasteiger partial charge < -0.3 is 9.88 Å². The van der Waals surface area contributed by atoms with E-state index in [1.165, 1.54) is 11.3 Å². The zero-order valence-corrected chi connectivity index (χ0v) is 15.3. The van der Waals surface area contributed by atoms with Gasteiger partial charge in [0.05, 0.1) is 16.0 Å². The second-order valence-electron chi connectivity index (χ2n) is 5.28. The monoisotopic (exact) mass is 378 g/mol. The van der Waals surface area contributed by atoms with Crippen molar-refractivity contribution in [2.24, 2.45) is 7.05 Å². The number of rotatable bonds is 5. The van der Waals surface area contributed by atoms with Crippen LogP contribution in [0.2, 0.25) is 5.02 Å². The lowest BCUT2D eigenvalue weighted by Gasteiger charge is -2.06. The minimum Gasteiger partial charge on any atom is -0.325 e. The quantitative estimate of drug-likeness (QED) is 0.726. The Morgan fingerprint density at radius 2 is 2.00 bits per heavy atom. The predicted molar refractivity (Wildman–Crippen MR) is 103 cm³/mol. The summed E-state index contributed by atoms with van der Waals surface area (Å²) in [6.07, 6.45) is 0. The van der Waals surface area contributed by atoms with E-state index in [0.717, 1.165) is 21.5 Å². The van der Waals surface area contributed by atoms with Gasteiger partial charge in [-0.3, -0.25) is 9.59 Å². The van der Waals surface area contributed by atoms with Crippen LogP contribution in [0.4, 0.5) is 5.69 Å². The Morgan fingerprint density at radius 3 is 2.75 bits per heavy atom. The average Bonchev–Trinajstić information content (AvgIpc) is 2.83. The van der Waals surface area contributed by atoms with Gasteiger partial charge in [0.1, 0.15) is 0 Å². The number of halogens is 1. The van der Waals surface area contributed by atoms with Gasteiger partial charge in [0.15, 0.2) is 0 Å². The van der Waals surface area contributed by atoms with E-state index in [2.05, 4.69) is 5.32 Å². The first-order valence-corrected chi connectivity index (χ1v) is 9.59. The van der Waals surface area contributed by atoms with Crippen LogP contribution in [0.15, 0.2) is 47.3 Å². The van der Waals surface area contributed by atoms with E-state index in [0.29, 0.717) is 16.5 Å². The van der Waals surface area contributed by atoms with Crippen molar-refractivity contribution in [2.75, 3.05) is 11.1 Å². The molecule has 4 nitrogen and oxygen atoms in total. The highest BCUT2D eigenvalue weighted by Crippen LogP contribution is 2.21. The van der Waals surface area contributed by atoms with Crippen LogP contribution in [0.3, 0.4) is 0 Å². The topological polar surface area (TPSA) is 51.1 Å². The summed E-state index contributed by atoms with van der Waals surface area (Å²) >= 11 is 8.57. The molecule has 0 aliphatic carbocycles. The summed E-state index contributed by atoms with van der Waals surface area (Å²) in [5.74, 6) is 1.06. The third-order valence-corrected chi connectivity index (χ3v) is 5.74. The average molecular weight is 379 g/mol. The highest BCUT2D eigenvalue weighted by Gasteiger charge is 2.07. The molecule has 0 bridgehead atoms. The van der Waals surface area contributed by atoms with Crippen LogP contribution < -0.4 is 10.2 Å². The SMILES string of the molecule is Cn1c(=O)sc2cc(NC(=O)CSCc3ccc(Cl)cc3)ccc21. The number of thioether (sulfide) groups is 1. The number of thiazole rings is 1. The summed E-state index contributed by atoms with van der Waals surface area (Å²) in [7, 11) is 1.74. The first-order chi connectivity index (χ1) is 11.5. The zero-order valence-electron chi connectivity index (χ0n) is 12.9. The van der Waals surface area contributed by atoms with Crippen LogP contribution in [0.25, 0.3) is 10.2 Å². The number of hydrogen-bond acceptors (Lipinski definition) is 4. The molecular formula is C17H15ClN2O2S2. The van der Waals surface area contributed by atoms with Crippen molar-refractivity contribution in [3.8, 4) is 0 Å². The maximum absolute atomic E-state index is 12.0. The molecule has 1 amide bonds. The number of carbonyl (C=O) groups is 1. The van der Waals surface area contributed by atoms with Crippen LogP contribution in [-0.2, 0) is 17.6 Å². The van der Waals surface area contributed by atoms with Gasteiger partial charge in [0.2, 0.25) is 5.91 Å². The molecule has 0 fully saturated rings. The molecular weight excluding hydrogens is 364 g/mol. The molecule has 3 rings (SSSR count). The maximum atomic E-state index is 12.0. The molecule has 124 valence electrons. The van der Waals surface area contributed by atoms with E-state index in [9.17, 15) is 9.59 Å². The molecule has 0 saturated heterocycles. The number of benzene rings is 2. The van der Waals surface area contributed by atoms with E-state index >= 15 is 0 Å². The highest BCUT2D eigenvalue weighted by atomic mass is 35.5. The summed E-state index contributed by atoms with van der Waals surface area (Å²) in [6.45, 7) is 0. The van der Waals surface area contributed by atoms with E-state index in [4.69, 9.17) is 11.6 Å². The number of nitrogens with one attached hydrogen (secondary N) is 1. The minimum absolute atomic E-state index is 0.00741. The molecule has 24 heavy (non-hydrogen) atoms. The van der Waals surface area contributed by atoms with Gasteiger partial charge in [-0.1, -0.05) is 35.1 Å².